The molecule has 0 spiro atoms. The van der Waals surface area contributed by atoms with Crippen molar-refractivity contribution < 1.29 is 22.8 Å². The topological polar surface area (TPSA) is 72.2 Å². The van der Waals surface area contributed by atoms with Crippen molar-refractivity contribution in [2.24, 2.45) is 11.7 Å². The fraction of sp³-hybridized carbons (Fsp3) is 0.529. The van der Waals surface area contributed by atoms with Gasteiger partial charge in [0.1, 0.15) is 6.04 Å². The van der Waals surface area contributed by atoms with E-state index in [1.807, 2.05) is 13.8 Å². The van der Waals surface area contributed by atoms with Gasteiger partial charge in [-0.2, -0.15) is 13.2 Å². The fourth-order valence-electron chi connectivity index (χ4n) is 2.36. The van der Waals surface area contributed by atoms with Gasteiger partial charge in [0.25, 0.3) is 0 Å². The van der Waals surface area contributed by atoms with E-state index in [4.69, 9.17) is 5.73 Å². The van der Waals surface area contributed by atoms with Crippen LogP contribution in [0, 0.1) is 5.92 Å². The summed E-state index contributed by atoms with van der Waals surface area (Å²) in [5.41, 5.74) is 5.19. The van der Waals surface area contributed by atoms with Crippen LogP contribution in [0.15, 0.2) is 24.3 Å². The Hall–Kier alpha value is -2.05. The summed E-state index contributed by atoms with van der Waals surface area (Å²) >= 11 is 0. The SMILES string of the molecule is CCC(C)C(NC(=O)CC(C)c1ccc(C(F)(F)F)cc1)C(N)=O. The number of halogens is 3. The van der Waals surface area contributed by atoms with Crippen LogP contribution in [-0.4, -0.2) is 17.9 Å². The van der Waals surface area contributed by atoms with Crippen molar-refractivity contribution in [3.8, 4) is 0 Å². The minimum atomic E-state index is -4.38. The quantitative estimate of drug-likeness (QED) is 0.797. The molecule has 7 heteroatoms. The number of rotatable bonds is 7. The number of carbonyl (C=O) groups is 2. The minimum Gasteiger partial charge on any atom is -0.368 e. The number of primary amides is 1. The molecular weight excluding hydrogens is 321 g/mol. The van der Waals surface area contributed by atoms with E-state index >= 15 is 0 Å². The van der Waals surface area contributed by atoms with E-state index in [9.17, 15) is 22.8 Å². The van der Waals surface area contributed by atoms with E-state index in [-0.39, 0.29) is 24.2 Å². The van der Waals surface area contributed by atoms with Crippen LogP contribution in [0.25, 0.3) is 0 Å². The largest absolute Gasteiger partial charge is 0.416 e. The van der Waals surface area contributed by atoms with E-state index in [0.717, 1.165) is 12.1 Å². The maximum Gasteiger partial charge on any atom is 0.416 e. The maximum atomic E-state index is 12.6. The van der Waals surface area contributed by atoms with Gasteiger partial charge in [-0.25, -0.2) is 0 Å². The summed E-state index contributed by atoms with van der Waals surface area (Å²) in [6, 6.07) is 3.97. The summed E-state index contributed by atoms with van der Waals surface area (Å²) < 4.78 is 37.7. The van der Waals surface area contributed by atoms with E-state index in [1.54, 1.807) is 6.92 Å². The molecule has 0 bridgehead atoms. The van der Waals surface area contributed by atoms with E-state index in [1.165, 1.54) is 12.1 Å². The molecule has 1 rings (SSSR count). The lowest BCUT2D eigenvalue weighted by Crippen LogP contribution is -2.48. The summed E-state index contributed by atoms with van der Waals surface area (Å²) in [5.74, 6) is -1.32. The maximum absolute atomic E-state index is 12.6. The van der Waals surface area contributed by atoms with Gasteiger partial charge in [0.15, 0.2) is 0 Å². The Morgan fingerprint density at radius 3 is 2.12 bits per heavy atom. The lowest BCUT2D eigenvalue weighted by Gasteiger charge is -2.22. The number of amides is 2. The van der Waals surface area contributed by atoms with Crippen LogP contribution >= 0.6 is 0 Å². The standard InChI is InChI=1S/C17H23F3N2O2/c1-4-10(2)15(16(21)24)22-14(23)9-11(3)12-5-7-13(8-6-12)17(18,19)20/h5-8,10-11,15H,4,9H2,1-3H3,(H2,21,24)(H,22,23). The zero-order chi connectivity index (χ0) is 18.5. The molecule has 1 aromatic carbocycles. The molecule has 0 aliphatic rings. The van der Waals surface area contributed by atoms with Crippen molar-refractivity contribution in [3.63, 3.8) is 0 Å². The molecule has 24 heavy (non-hydrogen) atoms. The molecule has 3 N–H and O–H groups in total. The Bertz CT molecular complexity index is 570. The van der Waals surface area contributed by atoms with E-state index < -0.39 is 23.7 Å². The molecule has 0 aliphatic heterocycles. The van der Waals surface area contributed by atoms with Gasteiger partial charge in [-0.1, -0.05) is 39.3 Å². The number of carbonyl (C=O) groups excluding carboxylic acids is 2. The zero-order valence-electron chi connectivity index (χ0n) is 14.0. The first kappa shape index (κ1) is 20.0. The first-order chi connectivity index (χ1) is 11.1. The van der Waals surface area contributed by atoms with Gasteiger partial charge in [-0.3, -0.25) is 9.59 Å². The molecule has 0 radical (unpaired) electrons. The lowest BCUT2D eigenvalue weighted by molar-refractivity contribution is -0.137. The molecule has 4 nitrogen and oxygen atoms in total. The molecular formula is C17H23F3N2O2. The molecule has 134 valence electrons. The van der Waals surface area contributed by atoms with Gasteiger partial charge in [0, 0.05) is 6.42 Å². The summed E-state index contributed by atoms with van der Waals surface area (Å²) in [5, 5.41) is 2.61. The van der Waals surface area contributed by atoms with Gasteiger partial charge < -0.3 is 11.1 Å². The van der Waals surface area contributed by atoms with Crippen LogP contribution in [0.4, 0.5) is 13.2 Å². The second-order valence-corrected chi connectivity index (χ2v) is 6.06. The fourth-order valence-corrected chi connectivity index (χ4v) is 2.36. The Balaban J connectivity index is 2.71. The summed E-state index contributed by atoms with van der Waals surface area (Å²) in [7, 11) is 0. The first-order valence-corrected chi connectivity index (χ1v) is 7.82. The summed E-state index contributed by atoms with van der Waals surface area (Å²) in [6.45, 7) is 5.44. The van der Waals surface area contributed by atoms with Crippen molar-refractivity contribution in [3.05, 3.63) is 35.4 Å². The Morgan fingerprint density at radius 2 is 1.71 bits per heavy atom. The number of hydrogen-bond donors (Lipinski definition) is 2. The third-order valence-electron chi connectivity index (χ3n) is 4.13. The monoisotopic (exact) mass is 344 g/mol. The Morgan fingerprint density at radius 1 is 1.17 bits per heavy atom. The van der Waals surface area contributed by atoms with Gasteiger partial charge in [-0.15, -0.1) is 0 Å². The third-order valence-corrected chi connectivity index (χ3v) is 4.13. The molecule has 0 saturated carbocycles. The lowest BCUT2D eigenvalue weighted by atomic mass is 9.95. The van der Waals surface area contributed by atoms with Crippen molar-refractivity contribution in [2.75, 3.05) is 0 Å². The molecule has 3 unspecified atom stereocenters. The minimum absolute atomic E-state index is 0.0611. The van der Waals surface area contributed by atoms with E-state index in [0.29, 0.717) is 12.0 Å². The van der Waals surface area contributed by atoms with Crippen LogP contribution in [0.2, 0.25) is 0 Å². The van der Waals surface area contributed by atoms with Crippen LogP contribution < -0.4 is 11.1 Å². The molecule has 0 fully saturated rings. The molecule has 0 aliphatic carbocycles. The number of alkyl halides is 3. The number of hydrogen-bond acceptors (Lipinski definition) is 2. The van der Waals surface area contributed by atoms with Crippen LogP contribution in [0.3, 0.4) is 0 Å². The zero-order valence-corrected chi connectivity index (χ0v) is 14.0. The second-order valence-electron chi connectivity index (χ2n) is 6.06. The highest BCUT2D eigenvalue weighted by molar-refractivity contribution is 5.87. The highest BCUT2D eigenvalue weighted by Gasteiger charge is 2.30. The average Bonchev–Trinajstić information content (AvgIpc) is 2.50. The summed E-state index contributed by atoms with van der Waals surface area (Å²) in [4.78, 5) is 23.5. The van der Waals surface area contributed by atoms with Gasteiger partial charge in [0.05, 0.1) is 5.56 Å². The number of nitrogens with one attached hydrogen (secondary N) is 1. The molecule has 0 aromatic heterocycles. The number of benzene rings is 1. The molecule has 1 aromatic rings. The average molecular weight is 344 g/mol. The highest BCUT2D eigenvalue weighted by Crippen LogP contribution is 2.30. The van der Waals surface area contributed by atoms with Gasteiger partial charge >= 0.3 is 6.18 Å². The third kappa shape index (κ3) is 5.54. The molecule has 0 saturated heterocycles. The predicted octanol–water partition coefficient (Wildman–Crippen LogP) is 3.22. The van der Waals surface area contributed by atoms with Crippen molar-refractivity contribution in [1.29, 1.82) is 0 Å². The van der Waals surface area contributed by atoms with Crippen molar-refractivity contribution >= 4 is 11.8 Å². The van der Waals surface area contributed by atoms with Gasteiger partial charge in [-0.05, 0) is 29.5 Å². The normalized spacial score (nSPS) is 15.4. The molecule has 0 heterocycles. The van der Waals surface area contributed by atoms with Gasteiger partial charge in [0.2, 0.25) is 11.8 Å². The Kier molecular flexibility index (Phi) is 6.81. The number of nitrogens with two attached hydrogens (primary N) is 1. The smallest absolute Gasteiger partial charge is 0.368 e. The highest BCUT2D eigenvalue weighted by atomic mass is 19.4. The second kappa shape index (κ2) is 8.17. The van der Waals surface area contributed by atoms with Crippen molar-refractivity contribution in [1.82, 2.24) is 5.32 Å². The van der Waals surface area contributed by atoms with Crippen molar-refractivity contribution in [2.45, 2.75) is 51.7 Å². The Labute approximate surface area is 139 Å². The molecule has 3 atom stereocenters. The first-order valence-electron chi connectivity index (χ1n) is 7.82. The van der Waals surface area contributed by atoms with Crippen LogP contribution in [0.5, 0.6) is 0 Å². The predicted molar refractivity (Wildman–Crippen MR) is 85.1 cm³/mol. The van der Waals surface area contributed by atoms with Crippen LogP contribution in [-0.2, 0) is 15.8 Å². The van der Waals surface area contributed by atoms with Crippen LogP contribution in [0.1, 0.15) is 50.7 Å². The van der Waals surface area contributed by atoms with E-state index in [2.05, 4.69) is 5.32 Å². The summed E-state index contributed by atoms with van der Waals surface area (Å²) in [6.07, 6.45) is -3.64. The molecule has 2 amide bonds.